The van der Waals surface area contributed by atoms with Crippen LogP contribution in [0, 0.1) is 18.8 Å². The van der Waals surface area contributed by atoms with E-state index in [4.69, 9.17) is 11.6 Å². The van der Waals surface area contributed by atoms with Crippen molar-refractivity contribution in [2.75, 3.05) is 20.1 Å². The molecule has 4 nitrogen and oxygen atoms in total. The van der Waals surface area contributed by atoms with Crippen molar-refractivity contribution in [2.24, 2.45) is 11.3 Å². The highest BCUT2D eigenvalue weighted by molar-refractivity contribution is 6.33. The average molecular weight is 393 g/mol. The summed E-state index contributed by atoms with van der Waals surface area (Å²) in [5.74, 6) is 0.761. The highest BCUT2D eigenvalue weighted by Gasteiger charge is 2.39. The molecule has 2 saturated carbocycles. The molecule has 0 unspecified atom stereocenters. The van der Waals surface area contributed by atoms with Crippen molar-refractivity contribution in [3.8, 4) is 0 Å². The molecule has 0 heterocycles. The molecule has 0 aliphatic heterocycles. The number of aliphatic hydroxyl groups excluding tert-OH is 1. The molecule has 1 aromatic rings. The number of aliphatic hydroxyl groups is 1. The number of likely N-dealkylation sites (N-methyl/N-ethyl adjacent to an activating group) is 1. The van der Waals surface area contributed by atoms with Gasteiger partial charge >= 0.3 is 0 Å². The van der Waals surface area contributed by atoms with Gasteiger partial charge in [-0.25, -0.2) is 0 Å². The number of rotatable bonds is 7. The zero-order chi connectivity index (χ0) is 18.6. The lowest BCUT2D eigenvalue weighted by molar-refractivity contribution is 0.0681. The lowest BCUT2D eigenvalue weighted by Crippen LogP contribution is -2.43. The molecule has 0 aromatic heterocycles. The summed E-state index contributed by atoms with van der Waals surface area (Å²) in [7, 11) is 1.81. The summed E-state index contributed by atoms with van der Waals surface area (Å²) in [4.78, 5) is 12.8. The third-order valence-corrected chi connectivity index (χ3v) is 6.50. The Labute approximate surface area is 169 Å². The number of hydrogen-bond donors (Lipinski definition) is 3. The summed E-state index contributed by atoms with van der Waals surface area (Å²) in [5, 5.41) is 16.6. The Morgan fingerprint density at radius 1 is 1.33 bits per heavy atom. The lowest BCUT2D eigenvalue weighted by Gasteiger charge is -2.45. The first-order valence-electron chi connectivity index (χ1n) is 9.91. The van der Waals surface area contributed by atoms with E-state index in [9.17, 15) is 9.90 Å². The number of amides is 1. The van der Waals surface area contributed by atoms with E-state index in [1.54, 1.807) is 6.07 Å². The van der Waals surface area contributed by atoms with E-state index >= 15 is 0 Å². The summed E-state index contributed by atoms with van der Waals surface area (Å²) in [6, 6.07) is 5.45. The summed E-state index contributed by atoms with van der Waals surface area (Å²) >= 11 is 6.28. The summed E-state index contributed by atoms with van der Waals surface area (Å²) < 4.78 is 0. The van der Waals surface area contributed by atoms with Gasteiger partial charge in [-0.05, 0) is 61.8 Å². The van der Waals surface area contributed by atoms with E-state index in [1.807, 2.05) is 19.2 Å². The minimum Gasteiger partial charge on any atom is -0.391 e. The number of carbonyl (C=O) groups excluding carboxylic acids is 1. The SMILES string of the molecule is CNC[C@H](O)Cc1ccc(Cl)c(C(=O)NCC23CCCC(CCC2)C3)c1.[CH2]. The number of nitrogens with one attached hydrogen (secondary N) is 2. The minimum absolute atomic E-state index is 0. The molecule has 3 rings (SSSR count). The Kier molecular flexibility index (Phi) is 8.14. The molecule has 2 radical (unpaired) electrons. The van der Waals surface area contributed by atoms with Crippen molar-refractivity contribution in [1.82, 2.24) is 10.6 Å². The lowest BCUT2D eigenvalue weighted by atomic mass is 9.62. The number of benzene rings is 1. The van der Waals surface area contributed by atoms with E-state index in [-0.39, 0.29) is 13.3 Å². The van der Waals surface area contributed by atoms with Crippen molar-refractivity contribution in [2.45, 2.75) is 57.5 Å². The predicted molar refractivity (Wildman–Crippen MR) is 111 cm³/mol. The molecule has 5 heteroatoms. The molecule has 1 aromatic carbocycles. The van der Waals surface area contributed by atoms with Crippen LogP contribution in [0.1, 0.15) is 60.9 Å². The van der Waals surface area contributed by atoms with Gasteiger partial charge in [0.05, 0.1) is 16.7 Å². The third kappa shape index (κ3) is 5.69. The van der Waals surface area contributed by atoms with Gasteiger partial charge in [0.15, 0.2) is 0 Å². The monoisotopic (exact) mass is 392 g/mol. The normalized spacial score (nSPS) is 25.4. The van der Waals surface area contributed by atoms with E-state index in [2.05, 4.69) is 10.6 Å². The van der Waals surface area contributed by atoms with Crippen LogP contribution in [0.15, 0.2) is 18.2 Å². The van der Waals surface area contributed by atoms with E-state index in [0.717, 1.165) is 18.0 Å². The largest absolute Gasteiger partial charge is 0.391 e. The number of halogens is 1. The number of carbonyl (C=O) groups is 1. The Balaban J connectivity index is 0.00000261. The Hall–Kier alpha value is -1.10. The maximum Gasteiger partial charge on any atom is 0.252 e. The second-order valence-corrected chi connectivity index (χ2v) is 8.67. The van der Waals surface area contributed by atoms with Gasteiger partial charge in [-0.2, -0.15) is 0 Å². The van der Waals surface area contributed by atoms with Gasteiger partial charge in [0, 0.05) is 13.1 Å². The van der Waals surface area contributed by atoms with Gasteiger partial charge in [0.1, 0.15) is 0 Å². The fourth-order valence-corrected chi connectivity index (χ4v) is 5.09. The molecule has 2 fully saturated rings. The van der Waals surface area contributed by atoms with Crippen LogP contribution in [-0.2, 0) is 6.42 Å². The van der Waals surface area contributed by atoms with Crippen molar-refractivity contribution < 1.29 is 9.90 Å². The fraction of sp³-hybridized carbons (Fsp3) is 0.636. The molecular formula is C22H33ClN2O2. The van der Waals surface area contributed by atoms with Gasteiger partial charge in [-0.3, -0.25) is 4.79 Å². The summed E-state index contributed by atoms with van der Waals surface area (Å²) in [6.45, 7) is 1.28. The molecule has 0 spiro atoms. The van der Waals surface area contributed by atoms with Gasteiger partial charge < -0.3 is 15.7 Å². The van der Waals surface area contributed by atoms with E-state index in [1.165, 1.54) is 44.9 Å². The third-order valence-electron chi connectivity index (χ3n) is 6.17. The highest BCUT2D eigenvalue weighted by Crippen LogP contribution is 2.48. The minimum atomic E-state index is -0.475. The molecule has 1 amide bonds. The van der Waals surface area contributed by atoms with Gasteiger partial charge in [-0.1, -0.05) is 50.8 Å². The zero-order valence-corrected chi connectivity index (χ0v) is 17.2. The molecule has 150 valence electrons. The Morgan fingerprint density at radius 3 is 2.70 bits per heavy atom. The van der Waals surface area contributed by atoms with Crippen molar-refractivity contribution in [3.63, 3.8) is 0 Å². The smallest absolute Gasteiger partial charge is 0.252 e. The number of fused-ring (bicyclic) bond motifs is 2. The van der Waals surface area contributed by atoms with Gasteiger partial charge in [0.25, 0.3) is 5.91 Å². The van der Waals surface area contributed by atoms with Crippen LogP contribution in [0.4, 0.5) is 0 Å². The second kappa shape index (κ2) is 9.90. The van der Waals surface area contributed by atoms with Crippen molar-refractivity contribution in [1.29, 1.82) is 0 Å². The maximum absolute atomic E-state index is 12.8. The van der Waals surface area contributed by atoms with E-state index < -0.39 is 6.10 Å². The number of hydrogen-bond acceptors (Lipinski definition) is 3. The summed E-state index contributed by atoms with van der Waals surface area (Å²) in [6.07, 6.45) is 9.05. The molecule has 0 saturated heterocycles. The molecular weight excluding hydrogens is 360 g/mol. The maximum atomic E-state index is 12.8. The topological polar surface area (TPSA) is 61.4 Å². The van der Waals surface area contributed by atoms with Crippen LogP contribution >= 0.6 is 11.6 Å². The Morgan fingerprint density at radius 2 is 2.04 bits per heavy atom. The Bertz CT molecular complexity index is 625. The van der Waals surface area contributed by atoms with Crippen LogP contribution in [0.25, 0.3) is 0 Å². The van der Waals surface area contributed by atoms with Crippen LogP contribution in [0.3, 0.4) is 0 Å². The molecule has 3 N–H and O–H groups in total. The van der Waals surface area contributed by atoms with Gasteiger partial charge in [-0.15, -0.1) is 0 Å². The van der Waals surface area contributed by atoms with Crippen molar-refractivity contribution in [3.05, 3.63) is 41.8 Å². The predicted octanol–water partition coefficient (Wildman–Crippen LogP) is 3.88. The van der Waals surface area contributed by atoms with Crippen molar-refractivity contribution >= 4 is 17.5 Å². The molecule has 1 atom stereocenters. The molecule has 2 aliphatic carbocycles. The highest BCUT2D eigenvalue weighted by atomic mass is 35.5. The standard InChI is InChI=1S/C21H31ClN2O2.CH2/c1-23-13-17(25)10-16-6-7-19(22)18(11-16)20(26)24-14-21-8-2-4-15(12-21)5-3-9-21;/h6-7,11,15,17,23,25H,2-5,8-10,12-14H2,1H3,(H,24,26);1H2/t15?,17-,21?;/m1./s1. The van der Waals surface area contributed by atoms with Gasteiger partial charge in [0.2, 0.25) is 0 Å². The zero-order valence-electron chi connectivity index (χ0n) is 16.4. The summed E-state index contributed by atoms with van der Waals surface area (Å²) in [5.41, 5.74) is 1.74. The quantitative estimate of drug-likeness (QED) is 0.659. The molecule has 2 bridgehead atoms. The van der Waals surface area contributed by atoms with Crippen LogP contribution in [-0.4, -0.2) is 37.3 Å². The first-order chi connectivity index (χ1) is 12.5. The average Bonchev–Trinajstić information content (AvgIpc) is 2.62. The molecule has 2 aliphatic rings. The van der Waals surface area contributed by atoms with Crippen LogP contribution in [0.5, 0.6) is 0 Å². The first-order valence-corrected chi connectivity index (χ1v) is 10.3. The van der Waals surface area contributed by atoms with Crippen LogP contribution < -0.4 is 10.6 Å². The molecule has 27 heavy (non-hydrogen) atoms. The van der Waals surface area contributed by atoms with E-state index in [0.29, 0.717) is 29.0 Å². The second-order valence-electron chi connectivity index (χ2n) is 8.27. The fourth-order valence-electron chi connectivity index (χ4n) is 4.89. The first kappa shape index (κ1) is 22.2. The van der Waals surface area contributed by atoms with Crippen LogP contribution in [0.2, 0.25) is 5.02 Å².